The molecule has 7 nitrogen and oxygen atoms in total. The van der Waals surface area contributed by atoms with E-state index in [1.165, 1.54) is 25.3 Å². The molecule has 1 saturated carbocycles. The maximum atomic E-state index is 13.5. The highest BCUT2D eigenvalue weighted by atomic mass is 19.1. The lowest BCUT2D eigenvalue weighted by molar-refractivity contribution is -0.387. The van der Waals surface area contributed by atoms with Crippen LogP contribution < -0.4 is 5.32 Å². The Bertz CT molecular complexity index is 678. The molecule has 1 aromatic rings. The fourth-order valence-corrected chi connectivity index (χ4v) is 3.76. The number of nitro groups is 1. The van der Waals surface area contributed by atoms with E-state index in [0.29, 0.717) is 0 Å². The van der Waals surface area contributed by atoms with Crippen LogP contribution in [0.2, 0.25) is 0 Å². The van der Waals surface area contributed by atoms with Gasteiger partial charge in [-0.25, -0.2) is 0 Å². The van der Waals surface area contributed by atoms with Gasteiger partial charge in [0.15, 0.2) is 0 Å². The van der Waals surface area contributed by atoms with Crippen LogP contribution >= 0.6 is 0 Å². The van der Waals surface area contributed by atoms with Crippen LogP contribution in [-0.4, -0.2) is 55.1 Å². The summed E-state index contributed by atoms with van der Waals surface area (Å²) in [4.78, 5) is 24.4. The molecule has 162 valence electrons. The van der Waals surface area contributed by atoms with Gasteiger partial charge in [-0.3, -0.25) is 14.9 Å². The number of carbonyl (C=O) groups excluding carboxylic acids is 1. The van der Waals surface area contributed by atoms with Crippen molar-refractivity contribution in [3.05, 3.63) is 39.7 Å². The number of rotatable bonds is 11. The molecule has 0 unspecified atom stereocenters. The minimum Gasteiger partial charge on any atom is -0.378 e. The maximum absolute atomic E-state index is 13.5. The zero-order valence-electron chi connectivity index (χ0n) is 17.4. The van der Waals surface area contributed by atoms with Crippen LogP contribution in [0.4, 0.5) is 10.1 Å². The summed E-state index contributed by atoms with van der Waals surface area (Å²) in [6.45, 7) is 1.84. The molecule has 0 aromatic heterocycles. The van der Waals surface area contributed by atoms with Gasteiger partial charge in [-0.15, -0.1) is 0 Å². The molecule has 0 saturated heterocycles. The van der Waals surface area contributed by atoms with Crippen molar-refractivity contribution in [3.8, 4) is 0 Å². The summed E-state index contributed by atoms with van der Waals surface area (Å²) in [6, 6.07) is 3.35. The molecular formula is C21H32FN3O4. The number of halogens is 1. The Balaban J connectivity index is 1.75. The summed E-state index contributed by atoms with van der Waals surface area (Å²) in [5.41, 5.74) is -0.537. The molecule has 0 bridgehead atoms. The second-order valence-corrected chi connectivity index (χ2v) is 7.66. The zero-order valence-corrected chi connectivity index (χ0v) is 17.4. The number of nitrogens with one attached hydrogen (secondary N) is 1. The van der Waals surface area contributed by atoms with Crippen molar-refractivity contribution in [2.45, 2.75) is 63.5 Å². The minimum absolute atomic E-state index is 0.0630. The van der Waals surface area contributed by atoms with Crippen LogP contribution in [0.3, 0.4) is 0 Å². The summed E-state index contributed by atoms with van der Waals surface area (Å²) >= 11 is 0. The summed E-state index contributed by atoms with van der Waals surface area (Å²) < 4.78 is 19.5. The van der Waals surface area contributed by atoms with Gasteiger partial charge >= 0.3 is 5.69 Å². The number of hydrogen-bond donors (Lipinski definition) is 1. The topological polar surface area (TPSA) is 84.7 Å². The van der Waals surface area contributed by atoms with Gasteiger partial charge in [0, 0.05) is 31.3 Å². The largest absolute Gasteiger partial charge is 0.378 e. The molecule has 1 amide bonds. The van der Waals surface area contributed by atoms with Gasteiger partial charge < -0.3 is 15.0 Å². The van der Waals surface area contributed by atoms with Gasteiger partial charge in [-0.1, -0.05) is 12.8 Å². The van der Waals surface area contributed by atoms with Gasteiger partial charge in [0.2, 0.25) is 5.82 Å². The average Bonchev–Trinajstić information content (AvgIpc) is 2.72. The highest BCUT2D eigenvalue weighted by Gasteiger charge is 2.28. The second-order valence-electron chi connectivity index (χ2n) is 7.66. The van der Waals surface area contributed by atoms with E-state index in [9.17, 15) is 19.3 Å². The van der Waals surface area contributed by atoms with Crippen molar-refractivity contribution in [2.75, 3.05) is 27.2 Å². The van der Waals surface area contributed by atoms with E-state index in [2.05, 4.69) is 5.32 Å². The van der Waals surface area contributed by atoms with E-state index >= 15 is 0 Å². The highest BCUT2D eigenvalue weighted by Crippen LogP contribution is 2.27. The third-order valence-electron chi connectivity index (χ3n) is 5.58. The van der Waals surface area contributed by atoms with Crippen molar-refractivity contribution >= 4 is 11.6 Å². The predicted molar refractivity (Wildman–Crippen MR) is 110 cm³/mol. The normalized spacial score (nSPS) is 19.1. The van der Waals surface area contributed by atoms with Gasteiger partial charge in [0.25, 0.3) is 5.91 Å². The molecule has 2 rings (SSSR count). The number of carbonyl (C=O) groups is 1. The number of benzene rings is 1. The monoisotopic (exact) mass is 409 g/mol. The highest BCUT2D eigenvalue weighted by molar-refractivity contribution is 5.94. The molecule has 8 heteroatoms. The van der Waals surface area contributed by atoms with E-state index in [-0.39, 0.29) is 23.6 Å². The predicted octanol–water partition coefficient (Wildman–Crippen LogP) is 3.91. The van der Waals surface area contributed by atoms with E-state index in [0.717, 1.165) is 57.4 Å². The Morgan fingerprint density at radius 1 is 1.24 bits per heavy atom. The summed E-state index contributed by atoms with van der Waals surface area (Å²) in [5, 5.41) is 14.0. The standard InChI is InChI=1S/C21H32FN3O4/c1-23-13-5-3-4-6-14-29-18-10-8-17(9-11-18)24(2)21(26)16-7-12-19(22)20(15-16)25(27)28/h7,12,15,17-18,23H,3-6,8-11,13-14H2,1-2H3/t17-,18-. The lowest BCUT2D eigenvalue weighted by atomic mass is 9.91. The van der Waals surface area contributed by atoms with Crippen LogP contribution in [0.5, 0.6) is 0 Å². The fourth-order valence-electron chi connectivity index (χ4n) is 3.76. The Kier molecular flexibility index (Phi) is 9.47. The molecule has 0 aliphatic heterocycles. The smallest absolute Gasteiger partial charge is 0.305 e. The number of nitro benzene ring substituents is 1. The first-order valence-electron chi connectivity index (χ1n) is 10.4. The lowest BCUT2D eigenvalue weighted by Crippen LogP contribution is -2.40. The molecule has 0 spiro atoms. The van der Waals surface area contributed by atoms with Crippen LogP contribution in [0.1, 0.15) is 61.7 Å². The SMILES string of the molecule is CNCCCCCCO[C@H]1CC[C@H](N(C)C(=O)c2ccc(F)c([N+](=O)[O-])c2)CC1. The summed E-state index contributed by atoms with van der Waals surface area (Å²) in [5.74, 6) is -1.26. The van der Waals surface area contributed by atoms with Crippen LogP contribution in [-0.2, 0) is 4.74 Å². The number of amides is 1. The average molecular weight is 410 g/mol. The molecule has 0 heterocycles. The van der Waals surface area contributed by atoms with Crippen molar-refractivity contribution in [3.63, 3.8) is 0 Å². The minimum atomic E-state index is -0.936. The first-order chi connectivity index (χ1) is 13.9. The van der Waals surface area contributed by atoms with Gasteiger partial charge in [0.05, 0.1) is 11.0 Å². The fraction of sp³-hybridized carbons (Fsp3) is 0.667. The molecule has 1 aromatic carbocycles. The van der Waals surface area contributed by atoms with Crippen molar-refractivity contribution < 1.29 is 18.8 Å². The van der Waals surface area contributed by atoms with Crippen LogP contribution in [0.15, 0.2) is 18.2 Å². The molecule has 0 radical (unpaired) electrons. The number of unbranched alkanes of at least 4 members (excludes halogenated alkanes) is 3. The first-order valence-corrected chi connectivity index (χ1v) is 10.4. The molecule has 1 aliphatic rings. The Morgan fingerprint density at radius 3 is 2.59 bits per heavy atom. The van der Waals surface area contributed by atoms with E-state index < -0.39 is 16.4 Å². The van der Waals surface area contributed by atoms with Gasteiger partial charge in [-0.2, -0.15) is 4.39 Å². The maximum Gasteiger partial charge on any atom is 0.305 e. The Hall–Kier alpha value is -2.06. The van der Waals surface area contributed by atoms with Gasteiger partial charge in [-0.05, 0) is 64.3 Å². The quantitative estimate of drug-likeness (QED) is 0.340. The summed E-state index contributed by atoms with van der Waals surface area (Å²) in [7, 11) is 3.67. The number of hydrogen-bond acceptors (Lipinski definition) is 5. The lowest BCUT2D eigenvalue weighted by Gasteiger charge is -2.34. The third-order valence-corrected chi connectivity index (χ3v) is 5.58. The van der Waals surface area contributed by atoms with E-state index in [4.69, 9.17) is 4.74 Å². The third kappa shape index (κ3) is 7.04. The van der Waals surface area contributed by atoms with Crippen LogP contribution in [0.25, 0.3) is 0 Å². The summed E-state index contributed by atoms with van der Waals surface area (Å²) in [6.07, 6.45) is 8.35. The molecule has 1 N–H and O–H groups in total. The number of ether oxygens (including phenoxy) is 1. The molecular weight excluding hydrogens is 377 g/mol. The van der Waals surface area contributed by atoms with Gasteiger partial charge in [0.1, 0.15) is 0 Å². The van der Waals surface area contributed by atoms with Crippen molar-refractivity contribution in [1.82, 2.24) is 10.2 Å². The van der Waals surface area contributed by atoms with E-state index in [1.54, 1.807) is 11.9 Å². The molecule has 1 fully saturated rings. The van der Waals surface area contributed by atoms with E-state index in [1.807, 2.05) is 7.05 Å². The molecule has 0 atom stereocenters. The second kappa shape index (κ2) is 11.8. The molecule has 1 aliphatic carbocycles. The zero-order chi connectivity index (χ0) is 21.2. The van der Waals surface area contributed by atoms with Crippen molar-refractivity contribution in [2.24, 2.45) is 0 Å². The number of nitrogens with zero attached hydrogens (tertiary/aromatic N) is 2. The Morgan fingerprint density at radius 2 is 1.93 bits per heavy atom. The van der Waals surface area contributed by atoms with Crippen molar-refractivity contribution in [1.29, 1.82) is 0 Å². The van der Waals surface area contributed by atoms with Crippen LogP contribution in [0, 0.1) is 15.9 Å². The first kappa shape index (κ1) is 23.2. The molecule has 29 heavy (non-hydrogen) atoms. The Labute approximate surface area is 171 Å².